The monoisotopic (exact) mass is 250 g/mol. The van der Waals surface area contributed by atoms with E-state index in [4.69, 9.17) is 4.74 Å². The van der Waals surface area contributed by atoms with Gasteiger partial charge in [-0.2, -0.15) is 35.9 Å². The summed E-state index contributed by atoms with van der Waals surface area (Å²) in [5, 5.41) is 0. The smallest absolute Gasteiger partial charge is 0.0837 e. The van der Waals surface area contributed by atoms with Crippen LogP contribution in [0.15, 0.2) is 24.3 Å². The van der Waals surface area contributed by atoms with Crippen molar-refractivity contribution in [3.63, 3.8) is 0 Å². The van der Waals surface area contributed by atoms with Crippen molar-refractivity contribution in [2.45, 2.75) is 19.4 Å². The molecule has 13 heavy (non-hydrogen) atoms. The van der Waals surface area contributed by atoms with Crippen molar-refractivity contribution in [1.29, 1.82) is 0 Å². The molecule has 67 valence electrons. The third kappa shape index (κ3) is 3.49. The van der Waals surface area contributed by atoms with Gasteiger partial charge in [0, 0.05) is 32.7 Å². The van der Waals surface area contributed by atoms with Gasteiger partial charge in [-0.05, 0) is 12.3 Å². The van der Waals surface area contributed by atoms with E-state index in [9.17, 15) is 0 Å². The first-order valence-corrected chi connectivity index (χ1v) is 4.43. The van der Waals surface area contributed by atoms with Gasteiger partial charge in [-0.3, -0.25) is 0 Å². The van der Waals surface area contributed by atoms with Crippen LogP contribution in [-0.4, -0.2) is 12.7 Å². The van der Waals surface area contributed by atoms with Gasteiger partial charge in [-0.15, -0.1) is 0 Å². The van der Waals surface area contributed by atoms with Crippen molar-refractivity contribution in [3.05, 3.63) is 35.9 Å². The summed E-state index contributed by atoms with van der Waals surface area (Å²) in [5.74, 6) is 0.660. The molecule has 1 radical (unpaired) electrons. The van der Waals surface area contributed by atoms with Crippen LogP contribution in [0.5, 0.6) is 0 Å². The summed E-state index contributed by atoms with van der Waals surface area (Å²) in [7, 11) is 0. The molecular formula is C11H13OY-. The molecule has 2 heteroatoms. The average molecular weight is 250 g/mol. The van der Waals surface area contributed by atoms with E-state index in [1.165, 1.54) is 5.56 Å². The number of ether oxygens (including phenoxy) is 1. The summed E-state index contributed by atoms with van der Waals surface area (Å²) in [6.07, 6.45) is 1.65. The van der Waals surface area contributed by atoms with E-state index < -0.39 is 0 Å². The van der Waals surface area contributed by atoms with E-state index in [2.05, 4.69) is 25.1 Å². The fourth-order valence-electron chi connectivity index (χ4n) is 1.44. The largest absolute Gasteiger partial charge is 0.373 e. The number of epoxide rings is 1. The third-order valence-electron chi connectivity index (χ3n) is 2.34. The van der Waals surface area contributed by atoms with Gasteiger partial charge < -0.3 is 4.74 Å². The van der Waals surface area contributed by atoms with Crippen molar-refractivity contribution >= 4 is 0 Å². The number of benzene rings is 1. The maximum Gasteiger partial charge on any atom is 0.0837 e. The Kier molecular flexibility index (Phi) is 4.57. The molecule has 0 N–H and O–H groups in total. The molecule has 1 heterocycles. The maximum absolute atomic E-state index is 5.23. The second-order valence-electron chi connectivity index (χ2n) is 3.46. The van der Waals surface area contributed by atoms with Crippen molar-refractivity contribution < 1.29 is 37.4 Å². The molecule has 1 aromatic carbocycles. The first-order chi connectivity index (χ1) is 5.86. The summed E-state index contributed by atoms with van der Waals surface area (Å²) < 4.78 is 5.23. The Morgan fingerprint density at radius 2 is 2.15 bits per heavy atom. The van der Waals surface area contributed by atoms with E-state index in [1.807, 2.05) is 12.1 Å². The van der Waals surface area contributed by atoms with Crippen molar-refractivity contribution in [2.75, 3.05) is 6.61 Å². The molecule has 0 aromatic heterocycles. The summed E-state index contributed by atoms with van der Waals surface area (Å²) in [4.78, 5) is 0. The fraction of sp³-hybridized carbons (Fsp3) is 0.455. The standard InChI is InChI=1S/C11H13O.Y/c1-9(11-8-12-11)7-10-5-3-2-4-6-10;/h3-6,9,11H,7-8H2,1H3;/q-1;/t9-,11-;/m0./s1. The average Bonchev–Trinajstić information content (AvgIpc) is 2.88. The molecule has 1 fully saturated rings. The third-order valence-corrected chi connectivity index (χ3v) is 2.34. The Balaban J connectivity index is 0.000000845. The van der Waals surface area contributed by atoms with E-state index in [-0.39, 0.29) is 32.7 Å². The molecule has 0 unspecified atom stereocenters. The summed E-state index contributed by atoms with van der Waals surface area (Å²) >= 11 is 0. The van der Waals surface area contributed by atoms with Crippen LogP contribution < -0.4 is 0 Å². The van der Waals surface area contributed by atoms with E-state index in [0.29, 0.717) is 12.0 Å². The molecule has 1 aromatic rings. The molecule has 0 saturated carbocycles. The number of hydrogen-bond donors (Lipinski definition) is 0. The second kappa shape index (κ2) is 5.24. The predicted octanol–water partition coefficient (Wildman–Crippen LogP) is 2.06. The molecule has 0 amide bonds. The van der Waals surface area contributed by atoms with Gasteiger partial charge in [0.05, 0.1) is 12.7 Å². The molecule has 1 aliphatic rings. The Labute approximate surface area is 105 Å². The molecule has 2 rings (SSSR count). The van der Waals surface area contributed by atoms with Gasteiger partial charge in [0.1, 0.15) is 0 Å². The SMILES string of the molecule is C[C@@H](Cc1cc[c-]cc1)[C@@H]1CO1.[Y]. The second-order valence-corrected chi connectivity index (χ2v) is 3.46. The Morgan fingerprint density at radius 3 is 2.69 bits per heavy atom. The van der Waals surface area contributed by atoms with Crippen molar-refractivity contribution in [1.82, 2.24) is 0 Å². The zero-order valence-corrected chi connectivity index (χ0v) is 10.7. The minimum Gasteiger partial charge on any atom is -0.373 e. The summed E-state index contributed by atoms with van der Waals surface area (Å²) in [5.41, 5.74) is 1.39. The fourth-order valence-corrected chi connectivity index (χ4v) is 1.44. The summed E-state index contributed by atoms with van der Waals surface area (Å²) in [6.45, 7) is 3.20. The van der Waals surface area contributed by atoms with Gasteiger partial charge in [0.2, 0.25) is 0 Å². The quantitative estimate of drug-likeness (QED) is 0.591. The van der Waals surface area contributed by atoms with Gasteiger partial charge in [0.25, 0.3) is 0 Å². The molecule has 1 nitrogen and oxygen atoms in total. The van der Waals surface area contributed by atoms with Crippen LogP contribution in [0.25, 0.3) is 0 Å². The first-order valence-electron chi connectivity index (χ1n) is 4.43. The van der Waals surface area contributed by atoms with Crippen LogP contribution in [0.2, 0.25) is 0 Å². The van der Waals surface area contributed by atoms with Crippen LogP contribution in [0.1, 0.15) is 12.5 Å². The molecule has 1 aliphatic heterocycles. The number of rotatable bonds is 3. The van der Waals surface area contributed by atoms with Gasteiger partial charge in [-0.25, -0.2) is 0 Å². The molecule has 0 bridgehead atoms. The van der Waals surface area contributed by atoms with Gasteiger partial charge in [-0.1, -0.05) is 6.92 Å². The van der Waals surface area contributed by atoms with Crippen molar-refractivity contribution in [2.24, 2.45) is 5.92 Å². The van der Waals surface area contributed by atoms with Crippen LogP contribution in [-0.2, 0) is 43.9 Å². The molecular weight excluding hydrogens is 237 g/mol. The van der Waals surface area contributed by atoms with Gasteiger partial charge in [0.15, 0.2) is 0 Å². The van der Waals surface area contributed by atoms with E-state index in [0.717, 1.165) is 13.0 Å². The molecule has 2 atom stereocenters. The summed E-state index contributed by atoms with van der Waals surface area (Å²) in [6, 6.07) is 11.2. The Morgan fingerprint density at radius 1 is 1.54 bits per heavy atom. The normalized spacial score (nSPS) is 21.8. The zero-order valence-electron chi connectivity index (χ0n) is 7.86. The molecule has 0 spiro atoms. The van der Waals surface area contributed by atoms with Crippen LogP contribution in [0, 0.1) is 12.0 Å². The van der Waals surface area contributed by atoms with Crippen LogP contribution >= 0.6 is 0 Å². The predicted molar refractivity (Wildman–Crippen MR) is 47.9 cm³/mol. The topological polar surface area (TPSA) is 12.5 Å². The Bertz CT molecular complexity index is 244. The van der Waals surface area contributed by atoms with Crippen LogP contribution in [0.3, 0.4) is 0 Å². The Hall–Kier alpha value is 0.284. The first kappa shape index (κ1) is 11.4. The minimum atomic E-state index is 0. The van der Waals surface area contributed by atoms with E-state index in [1.54, 1.807) is 0 Å². The van der Waals surface area contributed by atoms with Crippen LogP contribution in [0.4, 0.5) is 0 Å². The number of hydrogen-bond acceptors (Lipinski definition) is 1. The molecule has 0 aliphatic carbocycles. The van der Waals surface area contributed by atoms with E-state index >= 15 is 0 Å². The minimum absolute atomic E-state index is 0. The zero-order chi connectivity index (χ0) is 8.39. The van der Waals surface area contributed by atoms with Crippen molar-refractivity contribution in [3.8, 4) is 0 Å². The van der Waals surface area contributed by atoms with Gasteiger partial charge >= 0.3 is 0 Å². The molecule has 1 saturated heterocycles. The maximum atomic E-state index is 5.23.